The second-order valence-corrected chi connectivity index (χ2v) is 6.71. The number of hydrogen-bond acceptors (Lipinski definition) is 3. The van der Waals surface area contributed by atoms with Crippen LogP contribution < -0.4 is 5.32 Å². The zero-order chi connectivity index (χ0) is 15.4. The molecule has 1 atom stereocenters. The number of nitrogens with zero attached hydrogens (tertiary/aromatic N) is 2. The number of benzene rings is 1. The first kappa shape index (κ1) is 15.1. The second kappa shape index (κ2) is 6.50. The lowest BCUT2D eigenvalue weighted by molar-refractivity contribution is 0.0929. The molecule has 4 heteroatoms. The lowest BCUT2D eigenvalue weighted by Crippen LogP contribution is -2.43. The number of likely N-dealkylation sites (tertiary alicyclic amines) is 1. The number of piperidine rings is 1. The molecule has 116 valence electrons. The Hall–Kier alpha value is -1.86. The third-order valence-corrected chi connectivity index (χ3v) is 4.81. The van der Waals surface area contributed by atoms with Gasteiger partial charge in [0.2, 0.25) is 0 Å². The van der Waals surface area contributed by atoms with Gasteiger partial charge in [-0.3, -0.25) is 4.79 Å². The third kappa shape index (κ3) is 3.66. The number of hydrogen-bond donors (Lipinski definition) is 1. The van der Waals surface area contributed by atoms with Crippen molar-refractivity contribution in [3.63, 3.8) is 0 Å². The zero-order valence-corrected chi connectivity index (χ0v) is 12.9. The normalized spacial score (nSPS) is 23.5. The van der Waals surface area contributed by atoms with Crippen molar-refractivity contribution in [2.24, 2.45) is 11.3 Å². The summed E-state index contributed by atoms with van der Waals surface area (Å²) in [6.07, 6.45) is 4.42. The largest absolute Gasteiger partial charge is 0.352 e. The maximum Gasteiger partial charge on any atom is 0.251 e. The fraction of sp³-hybridized carbons (Fsp3) is 0.556. The van der Waals surface area contributed by atoms with Gasteiger partial charge in [-0.25, -0.2) is 0 Å². The van der Waals surface area contributed by atoms with Crippen molar-refractivity contribution in [2.45, 2.75) is 25.7 Å². The van der Waals surface area contributed by atoms with Gasteiger partial charge in [0.1, 0.15) is 0 Å². The zero-order valence-electron chi connectivity index (χ0n) is 12.9. The fourth-order valence-electron chi connectivity index (χ4n) is 3.27. The number of carbonyl (C=O) groups excluding carboxylic acids is 1. The number of nitrogens with one attached hydrogen (secondary N) is 1. The Labute approximate surface area is 132 Å². The van der Waals surface area contributed by atoms with Crippen LogP contribution in [0, 0.1) is 22.7 Å². The molecule has 1 aromatic carbocycles. The van der Waals surface area contributed by atoms with Gasteiger partial charge in [-0.15, -0.1) is 0 Å². The Morgan fingerprint density at radius 2 is 2.14 bits per heavy atom. The number of rotatable bonds is 5. The van der Waals surface area contributed by atoms with Gasteiger partial charge in [-0.05, 0) is 50.3 Å². The summed E-state index contributed by atoms with van der Waals surface area (Å²) in [5.41, 5.74) is 0.659. The number of nitriles is 1. The molecular formula is C18H23N3O. The van der Waals surface area contributed by atoms with Crippen molar-refractivity contribution in [3.8, 4) is 6.07 Å². The summed E-state index contributed by atoms with van der Waals surface area (Å²) in [7, 11) is 0. The molecule has 1 saturated carbocycles. The highest BCUT2D eigenvalue weighted by molar-refractivity contribution is 5.94. The summed E-state index contributed by atoms with van der Waals surface area (Å²) in [6.45, 7) is 3.72. The van der Waals surface area contributed by atoms with E-state index in [1.54, 1.807) is 0 Å². The van der Waals surface area contributed by atoms with Crippen molar-refractivity contribution in [1.29, 1.82) is 5.26 Å². The summed E-state index contributed by atoms with van der Waals surface area (Å²) >= 11 is 0. The van der Waals surface area contributed by atoms with Crippen LogP contribution in [0.25, 0.3) is 0 Å². The van der Waals surface area contributed by atoms with Crippen LogP contribution in [0.15, 0.2) is 30.3 Å². The predicted octanol–water partition coefficient (Wildman–Crippen LogP) is 2.43. The molecule has 0 spiro atoms. The third-order valence-electron chi connectivity index (χ3n) is 4.81. The van der Waals surface area contributed by atoms with E-state index in [4.69, 9.17) is 0 Å². The van der Waals surface area contributed by atoms with Crippen LogP contribution in [0.5, 0.6) is 0 Å². The maximum absolute atomic E-state index is 12.1. The van der Waals surface area contributed by atoms with E-state index < -0.39 is 0 Å². The molecule has 2 aliphatic rings. The molecular weight excluding hydrogens is 274 g/mol. The Morgan fingerprint density at radius 3 is 2.82 bits per heavy atom. The number of carbonyl (C=O) groups is 1. The van der Waals surface area contributed by atoms with Gasteiger partial charge >= 0.3 is 0 Å². The van der Waals surface area contributed by atoms with Crippen LogP contribution in [0.4, 0.5) is 0 Å². The summed E-state index contributed by atoms with van der Waals surface area (Å²) in [4.78, 5) is 14.5. The topological polar surface area (TPSA) is 56.1 Å². The van der Waals surface area contributed by atoms with Crippen LogP contribution in [-0.2, 0) is 0 Å². The smallest absolute Gasteiger partial charge is 0.251 e. The molecule has 1 aliphatic heterocycles. The van der Waals surface area contributed by atoms with E-state index in [0.717, 1.165) is 57.4 Å². The second-order valence-electron chi connectivity index (χ2n) is 6.71. The Balaban J connectivity index is 1.47. The van der Waals surface area contributed by atoms with Crippen molar-refractivity contribution >= 4 is 5.91 Å². The Morgan fingerprint density at radius 1 is 1.36 bits per heavy atom. The molecule has 4 nitrogen and oxygen atoms in total. The molecule has 1 saturated heterocycles. The molecule has 1 aromatic rings. The number of amides is 1. The molecule has 0 bridgehead atoms. The summed E-state index contributed by atoms with van der Waals surface area (Å²) in [5.74, 6) is 0.504. The highest BCUT2D eigenvalue weighted by Crippen LogP contribution is 2.45. The van der Waals surface area contributed by atoms with E-state index >= 15 is 0 Å². The van der Waals surface area contributed by atoms with Crippen molar-refractivity contribution < 1.29 is 4.79 Å². The highest BCUT2D eigenvalue weighted by atomic mass is 16.1. The highest BCUT2D eigenvalue weighted by Gasteiger charge is 2.44. The molecule has 0 aromatic heterocycles. The van der Waals surface area contributed by atoms with Crippen LogP contribution in [0.2, 0.25) is 0 Å². The standard InChI is InChI=1S/C18H23N3O/c19-13-18(8-9-18)14-21-10-4-5-15(12-21)11-20-17(22)16-6-2-1-3-7-16/h1-3,6-7,15H,4-5,8-12,14H2,(H,20,22). The molecule has 0 radical (unpaired) electrons. The van der Waals surface area contributed by atoms with Crippen LogP contribution >= 0.6 is 0 Å². The summed E-state index contributed by atoms with van der Waals surface area (Å²) in [6, 6.07) is 11.8. The molecule has 2 fully saturated rings. The first-order chi connectivity index (χ1) is 10.7. The van der Waals surface area contributed by atoms with Gasteiger partial charge in [-0.1, -0.05) is 18.2 Å². The minimum Gasteiger partial charge on any atom is -0.352 e. The van der Waals surface area contributed by atoms with Gasteiger partial charge in [0.05, 0.1) is 11.5 Å². The van der Waals surface area contributed by atoms with Gasteiger partial charge in [0.25, 0.3) is 5.91 Å². The van der Waals surface area contributed by atoms with E-state index in [0.29, 0.717) is 5.92 Å². The molecule has 3 rings (SSSR count). The van der Waals surface area contributed by atoms with Crippen molar-refractivity contribution in [3.05, 3.63) is 35.9 Å². The molecule has 22 heavy (non-hydrogen) atoms. The summed E-state index contributed by atoms with van der Waals surface area (Å²) in [5, 5.41) is 12.3. The van der Waals surface area contributed by atoms with E-state index in [1.807, 2.05) is 30.3 Å². The van der Waals surface area contributed by atoms with Crippen LogP contribution in [0.3, 0.4) is 0 Å². The molecule has 1 amide bonds. The monoisotopic (exact) mass is 297 g/mol. The maximum atomic E-state index is 12.1. The van der Waals surface area contributed by atoms with Crippen molar-refractivity contribution in [2.75, 3.05) is 26.2 Å². The average Bonchev–Trinajstić information content (AvgIpc) is 3.34. The molecule has 1 unspecified atom stereocenters. The van der Waals surface area contributed by atoms with E-state index in [2.05, 4.69) is 16.3 Å². The predicted molar refractivity (Wildman–Crippen MR) is 85.2 cm³/mol. The van der Waals surface area contributed by atoms with E-state index in [9.17, 15) is 10.1 Å². The summed E-state index contributed by atoms with van der Waals surface area (Å²) < 4.78 is 0. The average molecular weight is 297 g/mol. The molecule has 1 N–H and O–H groups in total. The lowest BCUT2D eigenvalue weighted by atomic mass is 9.96. The first-order valence-corrected chi connectivity index (χ1v) is 8.18. The fourth-order valence-corrected chi connectivity index (χ4v) is 3.27. The SMILES string of the molecule is N#CC1(CN2CCCC(CNC(=O)c3ccccc3)C2)CC1. The van der Waals surface area contributed by atoms with Gasteiger partial charge in [-0.2, -0.15) is 5.26 Å². The van der Waals surface area contributed by atoms with Crippen LogP contribution in [0.1, 0.15) is 36.0 Å². The van der Waals surface area contributed by atoms with Crippen molar-refractivity contribution in [1.82, 2.24) is 10.2 Å². The minimum absolute atomic E-state index is 0.00779. The van der Waals surface area contributed by atoms with E-state index in [1.165, 1.54) is 0 Å². The molecule has 1 heterocycles. The lowest BCUT2D eigenvalue weighted by Gasteiger charge is -2.33. The quantitative estimate of drug-likeness (QED) is 0.908. The first-order valence-electron chi connectivity index (χ1n) is 8.18. The Bertz CT molecular complexity index is 559. The van der Waals surface area contributed by atoms with Gasteiger partial charge < -0.3 is 10.2 Å². The Kier molecular flexibility index (Phi) is 4.44. The van der Waals surface area contributed by atoms with Crippen LogP contribution in [-0.4, -0.2) is 37.0 Å². The molecule has 1 aliphatic carbocycles. The van der Waals surface area contributed by atoms with E-state index in [-0.39, 0.29) is 11.3 Å². The minimum atomic E-state index is -0.0603. The van der Waals surface area contributed by atoms with Gasteiger partial charge in [0.15, 0.2) is 0 Å². The van der Waals surface area contributed by atoms with Gasteiger partial charge in [0, 0.05) is 25.2 Å².